The van der Waals surface area contributed by atoms with Gasteiger partial charge in [-0.15, -0.1) is 13.2 Å². The highest BCUT2D eigenvalue weighted by molar-refractivity contribution is 5.95. The highest BCUT2D eigenvalue weighted by Crippen LogP contribution is 2.22. The molecule has 1 N–H and O–H groups in total. The molecule has 0 radical (unpaired) electrons. The molecule has 5 nitrogen and oxygen atoms in total. The minimum Gasteiger partial charge on any atom is -0.465 e. The summed E-state index contributed by atoms with van der Waals surface area (Å²) in [4.78, 5) is 22.6. The fourth-order valence-corrected chi connectivity index (χ4v) is 1.27. The van der Waals surface area contributed by atoms with Crippen LogP contribution in [0.15, 0.2) is 24.3 Å². The molecule has 8 heteroatoms. The molecule has 0 bridgehead atoms. The van der Waals surface area contributed by atoms with Crippen LogP contribution in [0.4, 0.5) is 13.2 Å². The Balaban J connectivity index is 2.55. The van der Waals surface area contributed by atoms with Crippen molar-refractivity contribution < 1.29 is 32.2 Å². The summed E-state index contributed by atoms with van der Waals surface area (Å²) in [5.74, 6) is -1.63. The first-order chi connectivity index (χ1) is 9.31. The zero-order valence-electron chi connectivity index (χ0n) is 10.5. The number of carbonyl (C=O) groups is 2. The zero-order valence-corrected chi connectivity index (χ0v) is 10.5. The molecule has 110 valence electrons. The predicted molar refractivity (Wildman–Crippen MR) is 62.1 cm³/mol. The molecule has 0 fully saturated rings. The Morgan fingerprint density at radius 2 is 1.80 bits per heavy atom. The smallest absolute Gasteiger partial charge is 0.465 e. The summed E-state index contributed by atoms with van der Waals surface area (Å²) in [7, 11) is 0. The Kier molecular flexibility index (Phi) is 5.36. The summed E-state index contributed by atoms with van der Waals surface area (Å²) in [6.07, 6.45) is -4.78. The van der Waals surface area contributed by atoms with Crippen molar-refractivity contribution in [3.63, 3.8) is 0 Å². The number of benzene rings is 1. The second-order valence-corrected chi connectivity index (χ2v) is 3.56. The first-order valence-electron chi connectivity index (χ1n) is 5.61. The van der Waals surface area contributed by atoms with Crippen molar-refractivity contribution in [1.82, 2.24) is 5.32 Å². The molecule has 0 spiro atoms. The lowest BCUT2D eigenvalue weighted by Gasteiger charge is -2.09. The summed E-state index contributed by atoms with van der Waals surface area (Å²) < 4.78 is 44.1. The van der Waals surface area contributed by atoms with E-state index in [0.29, 0.717) is 0 Å². The van der Waals surface area contributed by atoms with E-state index in [4.69, 9.17) is 0 Å². The first kappa shape index (κ1) is 15.8. The maximum Gasteiger partial charge on any atom is 0.573 e. The largest absolute Gasteiger partial charge is 0.573 e. The van der Waals surface area contributed by atoms with E-state index < -0.39 is 24.0 Å². The molecule has 0 aliphatic heterocycles. The van der Waals surface area contributed by atoms with Crippen molar-refractivity contribution in [3.8, 4) is 5.75 Å². The minimum absolute atomic E-state index is 0.101. The summed E-state index contributed by atoms with van der Waals surface area (Å²) in [5, 5.41) is 2.27. The summed E-state index contributed by atoms with van der Waals surface area (Å²) in [6.45, 7) is 1.50. The maximum absolute atomic E-state index is 11.9. The highest BCUT2D eigenvalue weighted by Gasteiger charge is 2.31. The van der Waals surface area contributed by atoms with E-state index in [9.17, 15) is 22.8 Å². The predicted octanol–water partition coefficient (Wildman–Crippen LogP) is 1.88. The van der Waals surface area contributed by atoms with E-state index in [2.05, 4.69) is 14.8 Å². The number of hydrogen-bond donors (Lipinski definition) is 1. The number of alkyl halides is 3. The number of esters is 1. The van der Waals surface area contributed by atoms with Crippen LogP contribution >= 0.6 is 0 Å². The Morgan fingerprint density at radius 3 is 2.30 bits per heavy atom. The van der Waals surface area contributed by atoms with Crippen LogP contribution < -0.4 is 10.1 Å². The number of carbonyl (C=O) groups excluding carboxylic acids is 2. The molecule has 0 aromatic heterocycles. The van der Waals surface area contributed by atoms with Crippen LogP contribution in [0.2, 0.25) is 0 Å². The van der Waals surface area contributed by atoms with E-state index >= 15 is 0 Å². The molecule has 20 heavy (non-hydrogen) atoms. The van der Waals surface area contributed by atoms with Gasteiger partial charge in [0.25, 0.3) is 5.91 Å². The van der Waals surface area contributed by atoms with E-state index in [0.717, 1.165) is 24.3 Å². The second kappa shape index (κ2) is 6.78. The van der Waals surface area contributed by atoms with Gasteiger partial charge < -0.3 is 14.8 Å². The van der Waals surface area contributed by atoms with Gasteiger partial charge in [0.2, 0.25) is 0 Å². The van der Waals surface area contributed by atoms with Crippen LogP contribution in [0.5, 0.6) is 5.75 Å². The van der Waals surface area contributed by atoms with Crippen LogP contribution in [0, 0.1) is 0 Å². The average molecular weight is 291 g/mol. The summed E-state index contributed by atoms with van der Waals surface area (Å²) in [5.41, 5.74) is 0.101. The third-order valence-electron chi connectivity index (χ3n) is 2.05. The van der Waals surface area contributed by atoms with E-state index in [1.165, 1.54) is 0 Å². The third kappa shape index (κ3) is 5.59. The lowest BCUT2D eigenvalue weighted by molar-refractivity contribution is -0.274. The Hall–Kier alpha value is -2.25. The number of amides is 1. The monoisotopic (exact) mass is 291 g/mol. The van der Waals surface area contributed by atoms with Crippen molar-refractivity contribution >= 4 is 11.9 Å². The molecular weight excluding hydrogens is 279 g/mol. The second-order valence-electron chi connectivity index (χ2n) is 3.56. The van der Waals surface area contributed by atoms with Gasteiger partial charge in [-0.25, -0.2) is 0 Å². The Morgan fingerprint density at radius 1 is 1.20 bits per heavy atom. The van der Waals surface area contributed by atoms with Gasteiger partial charge in [-0.1, -0.05) is 0 Å². The standard InChI is InChI=1S/C12H12F3NO4/c1-2-19-10(17)7-16-11(18)8-3-5-9(6-4-8)20-12(13,14)15/h3-6H,2,7H2,1H3,(H,16,18). The maximum atomic E-state index is 11.9. The van der Waals surface area contributed by atoms with Crippen molar-refractivity contribution in [2.45, 2.75) is 13.3 Å². The van der Waals surface area contributed by atoms with Crippen LogP contribution in [-0.4, -0.2) is 31.4 Å². The zero-order chi connectivity index (χ0) is 15.2. The molecule has 0 unspecified atom stereocenters. The quantitative estimate of drug-likeness (QED) is 0.841. The molecule has 1 aromatic rings. The van der Waals surface area contributed by atoms with Crippen LogP contribution in [-0.2, 0) is 9.53 Å². The minimum atomic E-state index is -4.78. The molecule has 1 rings (SSSR count). The van der Waals surface area contributed by atoms with Crippen molar-refractivity contribution in [3.05, 3.63) is 29.8 Å². The average Bonchev–Trinajstić information content (AvgIpc) is 2.35. The SMILES string of the molecule is CCOC(=O)CNC(=O)c1ccc(OC(F)(F)F)cc1. The summed E-state index contributed by atoms with van der Waals surface area (Å²) >= 11 is 0. The number of ether oxygens (including phenoxy) is 2. The lowest BCUT2D eigenvalue weighted by atomic mass is 10.2. The molecule has 0 aliphatic rings. The molecule has 0 heterocycles. The molecular formula is C12H12F3NO4. The van der Waals surface area contributed by atoms with E-state index in [-0.39, 0.29) is 18.7 Å². The van der Waals surface area contributed by atoms with Gasteiger partial charge in [0, 0.05) is 5.56 Å². The van der Waals surface area contributed by atoms with Gasteiger partial charge in [-0.2, -0.15) is 0 Å². The Labute approximate surface area is 112 Å². The number of halogens is 3. The molecule has 0 saturated heterocycles. The van der Waals surface area contributed by atoms with E-state index in [1.54, 1.807) is 6.92 Å². The number of rotatable bonds is 5. The molecule has 0 aliphatic carbocycles. The van der Waals surface area contributed by atoms with Gasteiger partial charge in [-0.05, 0) is 31.2 Å². The highest BCUT2D eigenvalue weighted by atomic mass is 19.4. The lowest BCUT2D eigenvalue weighted by Crippen LogP contribution is -2.30. The van der Waals surface area contributed by atoms with Gasteiger partial charge in [0.1, 0.15) is 12.3 Å². The van der Waals surface area contributed by atoms with Crippen molar-refractivity contribution in [1.29, 1.82) is 0 Å². The Bertz CT molecular complexity index is 471. The first-order valence-corrected chi connectivity index (χ1v) is 5.61. The molecule has 1 amide bonds. The van der Waals surface area contributed by atoms with Gasteiger partial charge in [-0.3, -0.25) is 9.59 Å². The van der Waals surface area contributed by atoms with Crippen molar-refractivity contribution in [2.75, 3.05) is 13.2 Å². The third-order valence-corrected chi connectivity index (χ3v) is 2.05. The molecule has 0 atom stereocenters. The number of nitrogens with one attached hydrogen (secondary N) is 1. The van der Waals surface area contributed by atoms with Gasteiger partial charge in [0.15, 0.2) is 0 Å². The van der Waals surface area contributed by atoms with Crippen LogP contribution in [0.3, 0.4) is 0 Å². The van der Waals surface area contributed by atoms with Crippen LogP contribution in [0.1, 0.15) is 17.3 Å². The van der Waals surface area contributed by atoms with E-state index in [1.807, 2.05) is 0 Å². The topological polar surface area (TPSA) is 64.6 Å². The molecule has 1 aromatic carbocycles. The van der Waals surface area contributed by atoms with Crippen LogP contribution in [0.25, 0.3) is 0 Å². The van der Waals surface area contributed by atoms with Gasteiger partial charge in [0.05, 0.1) is 6.61 Å². The number of hydrogen-bond acceptors (Lipinski definition) is 4. The van der Waals surface area contributed by atoms with Crippen molar-refractivity contribution in [2.24, 2.45) is 0 Å². The normalized spacial score (nSPS) is 10.8. The fraction of sp³-hybridized carbons (Fsp3) is 0.333. The fourth-order valence-electron chi connectivity index (χ4n) is 1.27. The summed E-state index contributed by atoms with van der Waals surface area (Å²) in [6, 6.07) is 4.32. The van der Waals surface area contributed by atoms with Gasteiger partial charge >= 0.3 is 12.3 Å². The molecule has 0 saturated carbocycles.